The van der Waals surface area contributed by atoms with Gasteiger partial charge in [0.25, 0.3) is 0 Å². The molecule has 0 atom stereocenters. The zero-order valence-corrected chi connectivity index (χ0v) is 11.7. The number of anilines is 1. The Morgan fingerprint density at radius 1 is 1.05 bits per heavy atom. The van der Waals surface area contributed by atoms with E-state index in [4.69, 9.17) is 4.74 Å². The van der Waals surface area contributed by atoms with Crippen molar-refractivity contribution in [2.45, 2.75) is 0 Å². The molecule has 0 aliphatic carbocycles. The molecule has 4 nitrogen and oxygen atoms in total. The lowest BCUT2D eigenvalue weighted by molar-refractivity contribution is 0.123. The highest BCUT2D eigenvalue weighted by atomic mass is 16.5. The van der Waals surface area contributed by atoms with Gasteiger partial charge in [-0.15, -0.1) is 0 Å². The SMILES string of the molecule is c1ccc(-c2c[nH]c3cncc(N4CCOCC4)c23)cc1. The lowest BCUT2D eigenvalue weighted by Crippen LogP contribution is -2.36. The number of nitrogens with one attached hydrogen (secondary N) is 1. The van der Waals surface area contributed by atoms with E-state index in [-0.39, 0.29) is 0 Å². The number of rotatable bonds is 2. The first kappa shape index (κ1) is 12.4. The fraction of sp³-hybridized carbons (Fsp3) is 0.235. The molecule has 1 saturated heterocycles. The molecule has 3 heterocycles. The molecule has 1 aliphatic heterocycles. The van der Waals surface area contributed by atoms with Crippen LogP contribution in [0.1, 0.15) is 0 Å². The highest BCUT2D eigenvalue weighted by molar-refractivity contribution is 6.03. The van der Waals surface area contributed by atoms with Crippen LogP contribution in [-0.4, -0.2) is 36.3 Å². The molecule has 1 aromatic carbocycles. The van der Waals surface area contributed by atoms with Gasteiger partial charge in [0.15, 0.2) is 0 Å². The lowest BCUT2D eigenvalue weighted by atomic mass is 10.0. The smallest absolute Gasteiger partial charge is 0.0667 e. The Kier molecular flexibility index (Phi) is 3.09. The summed E-state index contributed by atoms with van der Waals surface area (Å²) in [5.41, 5.74) is 4.73. The normalized spacial score (nSPS) is 15.5. The van der Waals surface area contributed by atoms with Gasteiger partial charge in [-0.1, -0.05) is 30.3 Å². The highest BCUT2D eigenvalue weighted by Gasteiger charge is 2.17. The van der Waals surface area contributed by atoms with Gasteiger partial charge in [-0.2, -0.15) is 0 Å². The van der Waals surface area contributed by atoms with E-state index in [2.05, 4.69) is 45.3 Å². The zero-order valence-electron chi connectivity index (χ0n) is 11.7. The molecular formula is C17H17N3O. The van der Waals surface area contributed by atoms with Crippen LogP contribution in [0.15, 0.2) is 48.9 Å². The monoisotopic (exact) mass is 279 g/mol. The second-order valence-corrected chi connectivity index (χ2v) is 5.25. The summed E-state index contributed by atoms with van der Waals surface area (Å²) in [6.07, 6.45) is 5.94. The molecule has 0 amide bonds. The number of morpholine rings is 1. The van der Waals surface area contributed by atoms with E-state index in [0.717, 1.165) is 31.8 Å². The summed E-state index contributed by atoms with van der Waals surface area (Å²) in [5.74, 6) is 0. The third kappa shape index (κ3) is 2.17. The van der Waals surface area contributed by atoms with Gasteiger partial charge in [0.2, 0.25) is 0 Å². The minimum atomic E-state index is 0.779. The first-order valence-corrected chi connectivity index (χ1v) is 7.27. The van der Waals surface area contributed by atoms with Crippen molar-refractivity contribution in [1.82, 2.24) is 9.97 Å². The standard InChI is InChI=1S/C17H17N3O/c1-2-4-13(5-3-1)14-10-19-15-11-18-12-16(17(14)15)20-6-8-21-9-7-20/h1-5,10-12,19H,6-9H2. The number of benzene rings is 1. The summed E-state index contributed by atoms with van der Waals surface area (Å²) >= 11 is 0. The summed E-state index contributed by atoms with van der Waals surface area (Å²) in [7, 11) is 0. The van der Waals surface area contributed by atoms with Crippen molar-refractivity contribution in [3.8, 4) is 11.1 Å². The number of aromatic amines is 1. The molecule has 2 aromatic heterocycles. The molecule has 0 radical (unpaired) electrons. The van der Waals surface area contributed by atoms with Crippen LogP contribution in [0, 0.1) is 0 Å². The molecule has 3 aromatic rings. The van der Waals surface area contributed by atoms with Crippen LogP contribution >= 0.6 is 0 Å². The number of ether oxygens (including phenoxy) is 1. The van der Waals surface area contributed by atoms with Gasteiger partial charge in [-0.05, 0) is 5.56 Å². The average Bonchev–Trinajstić information content (AvgIpc) is 3.00. The van der Waals surface area contributed by atoms with Crippen LogP contribution in [-0.2, 0) is 4.74 Å². The van der Waals surface area contributed by atoms with E-state index in [9.17, 15) is 0 Å². The Labute approximate surface area is 123 Å². The number of fused-ring (bicyclic) bond motifs is 1. The number of hydrogen-bond donors (Lipinski definition) is 1. The molecule has 0 unspecified atom stereocenters. The second-order valence-electron chi connectivity index (χ2n) is 5.25. The molecule has 1 fully saturated rings. The molecule has 1 aliphatic rings. The number of pyridine rings is 1. The van der Waals surface area contributed by atoms with Crippen LogP contribution in [0.3, 0.4) is 0 Å². The highest BCUT2D eigenvalue weighted by Crippen LogP contribution is 2.35. The molecule has 0 saturated carbocycles. The lowest BCUT2D eigenvalue weighted by Gasteiger charge is -2.29. The fourth-order valence-corrected chi connectivity index (χ4v) is 2.95. The number of nitrogens with zero attached hydrogens (tertiary/aromatic N) is 2. The van der Waals surface area contributed by atoms with Crippen molar-refractivity contribution >= 4 is 16.6 Å². The predicted molar refractivity (Wildman–Crippen MR) is 84.6 cm³/mol. The van der Waals surface area contributed by atoms with Crippen LogP contribution in [0.2, 0.25) is 0 Å². The predicted octanol–water partition coefficient (Wildman–Crippen LogP) is 3.07. The summed E-state index contributed by atoms with van der Waals surface area (Å²) in [6.45, 7) is 3.39. The van der Waals surface area contributed by atoms with Crippen molar-refractivity contribution in [3.05, 3.63) is 48.9 Å². The maximum atomic E-state index is 5.46. The number of H-pyrrole nitrogens is 1. The van der Waals surface area contributed by atoms with E-state index in [0.29, 0.717) is 0 Å². The topological polar surface area (TPSA) is 41.2 Å². The van der Waals surface area contributed by atoms with Crippen molar-refractivity contribution < 1.29 is 4.74 Å². The minimum absolute atomic E-state index is 0.779. The molecule has 4 rings (SSSR count). The maximum Gasteiger partial charge on any atom is 0.0667 e. The van der Waals surface area contributed by atoms with Gasteiger partial charge >= 0.3 is 0 Å². The van der Waals surface area contributed by atoms with E-state index in [1.54, 1.807) is 0 Å². The van der Waals surface area contributed by atoms with Crippen molar-refractivity contribution in [2.75, 3.05) is 31.2 Å². The van der Waals surface area contributed by atoms with E-state index in [1.165, 1.54) is 22.2 Å². The Morgan fingerprint density at radius 2 is 1.86 bits per heavy atom. The Balaban J connectivity index is 1.89. The number of hydrogen-bond acceptors (Lipinski definition) is 3. The van der Waals surface area contributed by atoms with Crippen LogP contribution in [0.25, 0.3) is 22.0 Å². The summed E-state index contributed by atoms with van der Waals surface area (Å²) in [5, 5.41) is 1.25. The van der Waals surface area contributed by atoms with Crippen molar-refractivity contribution in [3.63, 3.8) is 0 Å². The van der Waals surface area contributed by atoms with Gasteiger partial charge < -0.3 is 14.6 Å². The maximum absolute atomic E-state index is 5.46. The van der Waals surface area contributed by atoms with E-state index in [1.807, 2.05) is 18.5 Å². The van der Waals surface area contributed by atoms with Gasteiger partial charge in [-0.25, -0.2) is 0 Å². The minimum Gasteiger partial charge on any atom is -0.378 e. The van der Waals surface area contributed by atoms with Gasteiger partial charge in [-0.3, -0.25) is 4.98 Å². The average molecular weight is 279 g/mol. The molecule has 0 bridgehead atoms. The summed E-state index contributed by atoms with van der Waals surface area (Å²) < 4.78 is 5.46. The second kappa shape index (κ2) is 5.22. The summed E-state index contributed by atoms with van der Waals surface area (Å²) in [6, 6.07) is 10.5. The van der Waals surface area contributed by atoms with Crippen LogP contribution < -0.4 is 4.90 Å². The largest absolute Gasteiger partial charge is 0.378 e. The fourth-order valence-electron chi connectivity index (χ4n) is 2.95. The molecular weight excluding hydrogens is 262 g/mol. The first-order chi connectivity index (χ1) is 10.4. The molecule has 4 heteroatoms. The molecule has 106 valence electrons. The van der Waals surface area contributed by atoms with E-state index >= 15 is 0 Å². The third-order valence-corrected chi connectivity index (χ3v) is 4.00. The molecule has 21 heavy (non-hydrogen) atoms. The van der Waals surface area contributed by atoms with Crippen molar-refractivity contribution in [2.24, 2.45) is 0 Å². The quantitative estimate of drug-likeness (QED) is 0.784. The Bertz CT molecular complexity index is 745. The molecule has 1 N–H and O–H groups in total. The van der Waals surface area contributed by atoms with Crippen molar-refractivity contribution in [1.29, 1.82) is 0 Å². The zero-order chi connectivity index (χ0) is 14.1. The first-order valence-electron chi connectivity index (χ1n) is 7.27. The van der Waals surface area contributed by atoms with Crippen LogP contribution in [0.4, 0.5) is 5.69 Å². The van der Waals surface area contributed by atoms with Gasteiger partial charge in [0.1, 0.15) is 0 Å². The summed E-state index contributed by atoms with van der Waals surface area (Å²) in [4.78, 5) is 10.1. The van der Waals surface area contributed by atoms with Gasteiger partial charge in [0.05, 0.1) is 36.8 Å². The van der Waals surface area contributed by atoms with Crippen LogP contribution in [0.5, 0.6) is 0 Å². The molecule has 0 spiro atoms. The Morgan fingerprint density at radius 3 is 2.67 bits per heavy atom. The van der Waals surface area contributed by atoms with E-state index < -0.39 is 0 Å². The third-order valence-electron chi connectivity index (χ3n) is 4.00. The number of aromatic nitrogens is 2. The Hall–Kier alpha value is -2.33. The van der Waals surface area contributed by atoms with Gasteiger partial charge in [0, 0.05) is 30.2 Å².